The summed E-state index contributed by atoms with van der Waals surface area (Å²) >= 11 is 0. The minimum Gasteiger partial charge on any atom is -0.394 e. The molecule has 3 heteroatoms. The minimum atomic E-state index is -0.0127. The van der Waals surface area contributed by atoms with Gasteiger partial charge in [0.05, 0.1) is 19.3 Å². The third-order valence-corrected chi connectivity index (χ3v) is 2.68. The van der Waals surface area contributed by atoms with Crippen molar-refractivity contribution in [3.63, 3.8) is 0 Å². The molecule has 16 heavy (non-hydrogen) atoms. The largest absolute Gasteiger partial charge is 0.394 e. The Balaban J connectivity index is 2.61. The Morgan fingerprint density at radius 2 is 2.00 bits per heavy atom. The maximum atomic E-state index is 9.39. The van der Waals surface area contributed by atoms with Crippen molar-refractivity contribution >= 4 is 0 Å². The molecule has 1 rings (SSSR count). The van der Waals surface area contributed by atoms with Crippen LogP contribution in [0.3, 0.4) is 0 Å². The molecule has 0 amide bonds. The molecule has 0 aliphatic rings. The molecule has 0 saturated carbocycles. The Morgan fingerprint density at radius 1 is 1.31 bits per heavy atom. The number of aliphatic hydroxyl groups is 1. The summed E-state index contributed by atoms with van der Waals surface area (Å²) in [7, 11) is 1.70. The van der Waals surface area contributed by atoms with Crippen molar-refractivity contribution in [1.82, 2.24) is 5.32 Å². The summed E-state index contributed by atoms with van der Waals surface area (Å²) in [5, 5.41) is 12.8. The summed E-state index contributed by atoms with van der Waals surface area (Å²) in [6.07, 6.45) is 0.983. The highest BCUT2D eigenvalue weighted by Gasteiger charge is 2.14. The van der Waals surface area contributed by atoms with E-state index in [4.69, 9.17) is 4.74 Å². The fourth-order valence-electron chi connectivity index (χ4n) is 1.71. The average Bonchev–Trinajstić information content (AvgIpc) is 2.35. The molecule has 2 atom stereocenters. The molecule has 0 spiro atoms. The molecule has 0 saturated heterocycles. The number of hydrogen-bond acceptors (Lipinski definition) is 3. The van der Waals surface area contributed by atoms with Gasteiger partial charge in [0.2, 0.25) is 0 Å². The van der Waals surface area contributed by atoms with Gasteiger partial charge in [-0.2, -0.15) is 0 Å². The van der Waals surface area contributed by atoms with Gasteiger partial charge in [0.25, 0.3) is 0 Å². The number of aliphatic hydroxyl groups excluding tert-OH is 1. The summed E-state index contributed by atoms with van der Waals surface area (Å²) in [4.78, 5) is 0. The Bertz CT molecular complexity index is 277. The molecular weight excluding hydrogens is 202 g/mol. The summed E-state index contributed by atoms with van der Waals surface area (Å²) in [6.45, 7) is 2.88. The van der Waals surface area contributed by atoms with E-state index in [1.54, 1.807) is 7.11 Å². The zero-order chi connectivity index (χ0) is 11.8. The Labute approximate surface area is 97.4 Å². The third kappa shape index (κ3) is 3.93. The molecule has 0 aliphatic carbocycles. The molecule has 1 aromatic rings. The van der Waals surface area contributed by atoms with Crippen molar-refractivity contribution in [2.75, 3.05) is 20.3 Å². The molecule has 3 nitrogen and oxygen atoms in total. The van der Waals surface area contributed by atoms with Gasteiger partial charge >= 0.3 is 0 Å². The van der Waals surface area contributed by atoms with Gasteiger partial charge in [-0.3, -0.25) is 0 Å². The zero-order valence-electron chi connectivity index (χ0n) is 10.0. The van der Waals surface area contributed by atoms with Gasteiger partial charge < -0.3 is 15.2 Å². The van der Waals surface area contributed by atoms with Crippen LogP contribution in [0.15, 0.2) is 30.3 Å². The number of benzene rings is 1. The number of rotatable bonds is 7. The fraction of sp³-hybridized carbons (Fsp3) is 0.538. The summed E-state index contributed by atoms with van der Waals surface area (Å²) in [6, 6.07) is 10.3. The normalized spacial score (nSPS) is 14.7. The van der Waals surface area contributed by atoms with Crippen LogP contribution in [0.4, 0.5) is 0 Å². The smallest absolute Gasteiger partial charge is 0.0626 e. The van der Waals surface area contributed by atoms with Crippen LogP contribution >= 0.6 is 0 Å². The molecular formula is C13H21NO2. The van der Waals surface area contributed by atoms with E-state index in [1.807, 2.05) is 30.3 Å². The van der Waals surface area contributed by atoms with E-state index in [-0.39, 0.29) is 18.7 Å². The second-order valence-electron chi connectivity index (χ2n) is 3.87. The minimum absolute atomic E-state index is 0.0127. The summed E-state index contributed by atoms with van der Waals surface area (Å²) in [5.41, 5.74) is 1.11. The lowest BCUT2D eigenvalue weighted by Crippen LogP contribution is -2.37. The van der Waals surface area contributed by atoms with Gasteiger partial charge in [-0.15, -0.1) is 0 Å². The van der Waals surface area contributed by atoms with E-state index < -0.39 is 0 Å². The van der Waals surface area contributed by atoms with Gasteiger partial charge in [0.15, 0.2) is 0 Å². The molecule has 0 fully saturated rings. The molecule has 0 aliphatic heterocycles. The predicted octanol–water partition coefficient (Wildman–Crippen LogP) is 1.73. The van der Waals surface area contributed by atoms with Gasteiger partial charge in [-0.25, -0.2) is 0 Å². The van der Waals surface area contributed by atoms with Crippen molar-refractivity contribution in [2.45, 2.75) is 25.4 Å². The van der Waals surface area contributed by atoms with Crippen LogP contribution in [0, 0.1) is 0 Å². The Kier molecular flexibility index (Phi) is 6.08. The Hall–Kier alpha value is -0.900. The lowest BCUT2D eigenvalue weighted by molar-refractivity contribution is 0.146. The molecule has 1 aromatic carbocycles. The van der Waals surface area contributed by atoms with Crippen LogP contribution in [0.2, 0.25) is 0 Å². The van der Waals surface area contributed by atoms with Crippen LogP contribution in [-0.2, 0) is 4.74 Å². The quantitative estimate of drug-likeness (QED) is 0.739. The number of hydrogen-bond donors (Lipinski definition) is 2. The summed E-state index contributed by atoms with van der Waals surface area (Å²) in [5.74, 6) is 0. The molecule has 90 valence electrons. The van der Waals surface area contributed by atoms with Gasteiger partial charge in [0.1, 0.15) is 0 Å². The highest BCUT2D eigenvalue weighted by molar-refractivity contribution is 5.19. The highest BCUT2D eigenvalue weighted by atomic mass is 16.5. The van der Waals surface area contributed by atoms with E-state index in [0.717, 1.165) is 12.0 Å². The van der Waals surface area contributed by atoms with E-state index in [1.165, 1.54) is 0 Å². The Morgan fingerprint density at radius 3 is 2.50 bits per heavy atom. The topological polar surface area (TPSA) is 41.5 Å². The van der Waals surface area contributed by atoms with Crippen molar-refractivity contribution in [3.05, 3.63) is 35.9 Å². The second-order valence-corrected chi connectivity index (χ2v) is 3.87. The SMILES string of the molecule is CCC(COC)NC(CO)c1ccccc1. The van der Waals surface area contributed by atoms with E-state index in [9.17, 15) is 5.11 Å². The number of ether oxygens (including phenoxy) is 1. The first-order valence-corrected chi connectivity index (χ1v) is 5.72. The van der Waals surface area contributed by atoms with Gasteiger partial charge in [-0.05, 0) is 12.0 Å². The van der Waals surface area contributed by atoms with Crippen LogP contribution < -0.4 is 5.32 Å². The van der Waals surface area contributed by atoms with Gasteiger partial charge in [-0.1, -0.05) is 37.3 Å². The molecule has 0 radical (unpaired) electrons. The van der Waals surface area contributed by atoms with Crippen molar-refractivity contribution < 1.29 is 9.84 Å². The van der Waals surface area contributed by atoms with Crippen LogP contribution in [0.25, 0.3) is 0 Å². The van der Waals surface area contributed by atoms with Crippen molar-refractivity contribution in [3.8, 4) is 0 Å². The third-order valence-electron chi connectivity index (χ3n) is 2.68. The molecule has 0 bridgehead atoms. The van der Waals surface area contributed by atoms with Crippen LogP contribution in [0.5, 0.6) is 0 Å². The lowest BCUT2D eigenvalue weighted by Gasteiger charge is -2.23. The first kappa shape index (κ1) is 13.2. The first-order chi connectivity index (χ1) is 7.81. The molecule has 2 unspecified atom stereocenters. The number of methoxy groups -OCH3 is 1. The predicted molar refractivity (Wildman–Crippen MR) is 65.4 cm³/mol. The number of nitrogens with one attached hydrogen (secondary N) is 1. The monoisotopic (exact) mass is 223 g/mol. The summed E-state index contributed by atoms with van der Waals surface area (Å²) < 4.78 is 5.13. The maximum absolute atomic E-state index is 9.39. The zero-order valence-corrected chi connectivity index (χ0v) is 10.0. The average molecular weight is 223 g/mol. The molecule has 2 N–H and O–H groups in total. The van der Waals surface area contributed by atoms with E-state index in [0.29, 0.717) is 6.61 Å². The standard InChI is InChI=1S/C13H21NO2/c1-3-12(10-16-2)14-13(9-15)11-7-5-4-6-8-11/h4-8,12-15H,3,9-10H2,1-2H3. The van der Waals surface area contributed by atoms with Crippen molar-refractivity contribution in [1.29, 1.82) is 0 Å². The highest BCUT2D eigenvalue weighted by Crippen LogP contribution is 2.13. The fourth-order valence-corrected chi connectivity index (χ4v) is 1.71. The molecule has 0 aromatic heterocycles. The van der Waals surface area contributed by atoms with E-state index in [2.05, 4.69) is 12.2 Å². The first-order valence-electron chi connectivity index (χ1n) is 5.72. The van der Waals surface area contributed by atoms with Crippen molar-refractivity contribution in [2.24, 2.45) is 0 Å². The van der Waals surface area contributed by atoms with E-state index >= 15 is 0 Å². The van der Waals surface area contributed by atoms with Gasteiger partial charge in [0, 0.05) is 13.2 Å². The second kappa shape index (κ2) is 7.39. The maximum Gasteiger partial charge on any atom is 0.0626 e. The van der Waals surface area contributed by atoms with Crippen LogP contribution in [-0.4, -0.2) is 31.5 Å². The van der Waals surface area contributed by atoms with Crippen LogP contribution in [0.1, 0.15) is 24.9 Å². The molecule has 0 heterocycles. The lowest BCUT2D eigenvalue weighted by atomic mass is 10.1.